The number of carboxylic acids is 1. The van der Waals surface area contributed by atoms with E-state index >= 15 is 0 Å². The maximum atomic E-state index is 11.9. The van der Waals surface area contributed by atoms with Gasteiger partial charge in [-0.2, -0.15) is 0 Å². The smallest absolute Gasteiger partial charge is 0.326 e. The molecule has 0 radical (unpaired) electrons. The predicted octanol–water partition coefficient (Wildman–Crippen LogP) is 0.279. The molecule has 0 aliphatic heterocycles. The largest absolute Gasteiger partial charge is 0.480 e. The van der Waals surface area contributed by atoms with Crippen molar-refractivity contribution in [1.82, 2.24) is 10.2 Å². The number of rotatable bonds is 8. The fraction of sp³-hybridized carbons (Fsp3) is 0.846. The highest BCUT2D eigenvalue weighted by Crippen LogP contribution is 2.27. The Kier molecular flexibility index (Phi) is 6.74. The van der Waals surface area contributed by atoms with E-state index in [-0.39, 0.29) is 6.10 Å². The number of methoxy groups -OCH3 is 1. The number of hydrogen-bond acceptors (Lipinski definition) is 4. The minimum absolute atomic E-state index is 0.253. The van der Waals surface area contributed by atoms with Gasteiger partial charge in [0, 0.05) is 27.3 Å². The summed E-state index contributed by atoms with van der Waals surface area (Å²) in [5.74, 6) is -0.737. The van der Waals surface area contributed by atoms with Crippen molar-refractivity contribution >= 4 is 12.0 Å². The number of carbonyl (C=O) groups excluding carboxylic acids is 1. The van der Waals surface area contributed by atoms with Crippen molar-refractivity contribution in [3.05, 3.63) is 0 Å². The van der Waals surface area contributed by atoms with Crippen molar-refractivity contribution < 1.29 is 24.5 Å². The summed E-state index contributed by atoms with van der Waals surface area (Å²) in [6, 6.07) is -1.29. The van der Waals surface area contributed by atoms with Crippen molar-refractivity contribution in [2.24, 2.45) is 5.92 Å². The molecule has 1 rings (SSSR count). The highest BCUT2D eigenvalue weighted by Gasteiger charge is 2.30. The summed E-state index contributed by atoms with van der Waals surface area (Å²) in [4.78, 5) is 24.5. The van der Waals surface area contributed by atoms with Crippen molar-refractivity contribution in [3.63, 3.8) is 0 Å². The number of ether oxygens (including phenoxy) is 1. The van der Waals surface area contributed by atoms with Gasteiger partial charge in [-0.1, -0.05) is 0 Å². The molecule has 3 N–H and O–H groups in total. The third-order valence-corrected chi connectivity index (χ3v) is 3.53. The molecule has 0 aromatic carbocycles. The van der Waals surface area contributed by atoms with Gasteiger partial charge in [0.05, 0.1) is 6.10 Å². The third-order valence-electron chi connectivity index (χ3n) is 3.53. The second kappa shape index (κ2) is 8.06. The summed E-state index contributed by atoms with van der Waals surface area (Å²) in [5, 5.41) is 20.8. The maximum absolute atomic E-state index is 11.9. The molecule has 2 amide bonds. The van der Waals surface area contributed by atoms with Crippen LogP contribution in [-0.2, 0) is 9.53 Å². The van der Waals surface area contributed by atoms with Crippen molar-refractivity contribution in [3.8, 4) is 0 Å². The maximum Gasteiger partial charge on any atom is 0.326 e. The number of aliphatic hydroxyl groups is 1. The summed E-state index contributed by atoms with van der Waals surface area (Å²) < 4.78 is 4.87. The van der Waals surface area contributed by atoms with Gasteiger partial charge < -0.3 is 25.2 Å². The van der Waals surface area contributed by atoms with Crippen LogP contribution in [-0.4, -0.2) is 66.6 Å². The van der Waals surface area contributed by atoms with Crippen molar-refractivity contribution in [1.29, 1.82) is 0 Å². The topological polar surface area (TPSA) is 99.1 Å². The Morgan fingerprint density at radius 2 is 2.10 bits per heavy atom. The van der Waals surface area contributed by atoms with Gasteiger partial charge in [0.2, 0.25) is 0 Å². The lowest BCUT2D eigenvalue weighted by molar-refractivity contribution is -0.139. The van der Waals surface area contributed by atoms with E-state index in [1.807, 2.05) is 0 Å². The zero-order valence-corrected chi connectivity index (χ0v) is 12.0. The van der Waals surface area contributed by atoms with Gasteiger partial charge in [0.15, 0.2) is 0 Å². The Balaban J connectivity index is 2.34. The molecule has 0 bridgehead atoms. The number of carboxylic acid groups (broad SMARTS) is 1. The molecule has 0 spiro atoms. The van der Waals surface area contributed by atoms with E-state index < -0.39 is 18.0 Å². The van der Waals surface area contributed by atoms with Gasteiger partial charge in [-0.15, -0.1) is 0 Å². The zero-order chi connectivity index (χ0) is 15.1. The van der Waals surface area contributed by atoms with Crippen LogP contribution in [0.3, 0.4) is 0 Å². The van der Waals surface area contributed by atoms with Gasteiger partial charge >= 0.3 is 12.0 Å². The first-order valence-corrected chi connectivity index (χ1v) is 6.85. The number of aliphatic hydroxyl groups excluding tert-OH is 1. The summed E-state index contributed by atoms with van der Waals surface area (Å²) in [6.45, 7) is 1.00. The highest BCUT2D eigenvalue weighted by molar-refractivity contribution is 5.82. The molecular weight excluding hydrogens is 264 g/mol. The van der Waals surface area contributed by atoms with E-state index in [4.69, 9.17) is 9.84 Å². The van der Waals surface area contributed by atoms with Crippen molar-refractivity contribution in [2.45, 2.75) is 37.8 Å². The summed E-state index contributed by atoms with van der Waals surface area (Å²) in [5.41, 5.74) is 0. The lowest BCUT2D eigenvalue weighted by Gasteiger charge is -2.34. The molecule has 7 nitrogen and oxygen atoms in total. The molecule has 1 saturated carbocycles. The first-order chi connectivity index (χ1) is 9.43. The second-order valence-electron chi connectivity index (χ2n) is 5.35. The second-order valence-corrected chi connectivity index (χ2v) is 5.35. The monoisotopic (exact) mass is 288 g/mol. The average Bonchev–Trinajstić information content (AvgIpc) is 2.35. The van der Waals surface area contributed by atoms with Crippen LogP contribution in [0.4, 0.5) is 4.79 Å². The molecule has 1 unspecified atom stereocenters. The molecule has 116 valence electrons. The Morgan fingerprint density at radius 1 is 1.45 bits per heavy atom. The van der Waals surface area contributed by atoms with Crippen molar-refractivity contribution in [2.75, 3.05) is 27.3 Å². The van der Waals surface area contributed by atoms with Crippen LogP contribution in [0, 0.1) is 5.92 Å². The van der Waals surface area contributed by atoms with Crippen LogP contribution in [0.2, 0.25) is 0 Å². The average molecular weight is 288 g/mol. The van der Waals surface area contributed by atoms with E-state index in [1.54, 1.807) is 14.2 Å². The van der Waals surface area contributed by atoms with Crippen LogP contribution in [0.25, 0.3) is 0 Å². The number of aliphatic carboxylic acids is 1. The highest BCUT2D eigenvalue weighted by atomic mass is 16.5. The lowest BCUT2D eigenvalue weighted by Crippen LogP contribution is -2.49. The van der Waals surface area contributed by atoms with Crippen LogP contribution in [0.5, 0.6) is 0 Å². The van der Waals surface area contributed by atoms with Gasteiger partial charge in [0.25, 0.3) is 0 Å². The molecule has 1 atom stereocenters. The van der Waals surface area contributed by atoms with E-state index in [9.17, 15) is 14.7 Å². The summed E-state index contributed by atoms with van der Waals surface area (Å²) >= 11 is 0. The number of hydrogen-bond donors (Lipinski definition) is 3. The predicted molar refractivity (Wildman–Crippen MR) is 72.4 cm³/mol. The first-order valence-electron chi connectivity index (χ1n) is 6.85. The van der Waals surface area contributed by atoms with E-state index in [2.05, 4.69) is 5.32 Å². The number of urea groups is 1. The molecule has 0 heterocycles. The SMILES string of the molecule is COCCCC(NC(=O)N(C)CC1CC(O)C1)C(=O)O. The molecule has 20 heavy (non-hydrogen) atoms. The van der Waals surface area contributed by atoms with Gasteiger partial charge in [-0.3, -0.25) is 0 Å². The number of nitrogens with one attached hydrogen (secondary N) is 1. The Hall–Kier alpha value is -1.34. The fourth-order valence-electron chi connectivity index (χ4n) is 2.27. The number of nitrogens with zero attached hydrogens (tertiary/aromatic N) is 1. The molecular formula is C13H24N2O5. The van der Waals surface area contributed by atoms with Crippen LogP contribution >= 0.6 is 0 Å². The zero-order valence-electron chi connectivity index (χ0n) is 12.0. The molecule has 0 saturated heterocycles. The first kappa shape index (κ1) is 16.7. The molecule has 7 heteroatoms. The summed E-state index contributed by atoms with van der Waals surface area (Å²) in [7, 11) is 3.18. The minimum atomic E-state index is -1.04. The van der Waals surface area contributed by atoms with Gasteiger partial charge in [-0.05, 0) is 31.6 Å². The lowest BCUT2D eigenvalue weighted by atomic mass is 9.82. The standard InChI is InChI=1S/C13H24N2O5/c1-15(8-9-6-10(16)7-9)13(19)14-11(12(17)18)4-3-5-20-2/h9-11,16H,3-8H2,1-2H3,(H,14,19)(H,17,18). The Labute approximate surface area is 118 Å². The van der Waals surface area contributed by atoms with E-state index in [1.165, 1.54) is 4.90 Å². The van der Waals surface area contributed by atoms with E-state index in [0.29, 0.717) is 44.8 Å². The van der Waals surface area contributed by atoms with Crippen LogP contribution < -0.4 is 5.32 Å². The van der Waals surface area contributed by atoms with E-state index in [0.717, 1.165) is 0 Å². The van der Waals surface area contributed by atoms with Crippen LogP contribution in [0.1, 0.15) is 25.7 Å². The van der Waals surface area contributed by atoms with Gasteiger partial charge in [0.1, 0.15) is 6.04 Å². The quantitative estimate of drug-likeness (QED) is 0.557. The Bertz CT molecular complexity index is 331. The minimum Gasteiger partial charge on any atom is -0.480 e. The molecule has 1 fully saturated rings. The van der Waals surface area contributed by atoms with Crippen LogP contribution in [0.15, 0.2) is 0 Å². The molecule has 0 aromatic heterocycles. The number of carbonyl (C=O) groups is 2. The fourth-order valence-corrected chi connectivity index (χ4v) is 2.27. The molecule has 1 aliphatic carbocycles. The normalized spacial score (nSPS) is 22.8. The number of amides is 2. The Morgan fingerprint density at radius 3 is 2.60 bits per heavy atom. The third kappa shape index (κ3) is 5.34. The molecule has 1 aliphatic rings. The van der Waals surface area contributed by atoms with Gasteiger partial charge in [-0.25, -0.2) is 9.59 Å². The molecule has 0 aromatic rings. The summed E-state index contributed by atoms with van der Waals surface area (Å²) in [6.07, 6.45) is 2.07.